The molecule has 1 aromatic carbocycles. The zero-order valence-corrected chi connectivity index (χ0v) is 12.6. The summed E-state index contributed by atoms with van der Waals surface area (Å²) in [5.41, 5.74) is -0.00571. The smallest absolute Gasteiger partial charge is 0.378 e. The van der Waals surface area contributed by atoms with E-state index in [4.69, 9.17) is 23.2 Å². The number of alkyl halides is 3. The molecule has 1 N–H and O–H groups in total. The second-order valence-electron chi connectivity index (χ2n) is 4.19. The van der Waals surface area contributed by atoms with E-state index in [1.807, 2.05) is 0 Å². The summed E-state index contributed by atoms with van der Waals surface area (Å²) in [6.07, 6.45) is -4.40. The van der Waals surface area contributed by atoms with Gasteiger partial charge < -0.3 is 5.32 Å². The van der Waals surface area contributed by atoms with Gasteiger partial charge in [-0.1, -0.05) is 35.3 Å². The third kappa shape index (κ3) is 3.40. The molecule has 0 aliphatic rings. The first kappa shape index (κ1) is 15.5. The highest BCUT2D eigenvalue weighted by molar-refractivity contribution is 7.20. The van der Waals surface area contributed by atoms with Crippen LogP contribution in [0.1, 0.15) is 24.1 Å². The van der Waals surface area contributed by atoms with Gasteiger partial charge in [0, 0.05) is 11.3 Å². The first-order chi connectivity index (χ1) is 9.29. The van der Waals surface area contributed by atoms with Crippen LogP contribution in [0.2, 0.25) is 8.67 Å². The van der Waals surface area contributed by atoms with E-state index in [9.17, 15) is 13.2 Å². The van der Waals surface area contributed by atoms with Gasteiger partial charge in [0.05, 0.1) is 20.3 Å². The molecule has 0 radical (unpaired) electrons. The van der Waals surface area contributed by atoms with E-state index in [0.29, 0.717) is 14.2 Å². The zero-order valence-electron chi connectivity index (χ0n) is 10.3. The fourth-order valence-electron chi connectivity index (χ4n) is 1.82. The Kier molecular flexibility index (Phi) is 4.52. The van der Waals surface area contributed by atoms with E-state index in [-0.39, 0.29) is 11.7 Å². The van der Waals surface area contributed by atoms with E-state index < -0.39 is 11.7 Å². The number of para-hydroxylation sites is 1. The van der Waals surface area contributed by atoms with E-state index in [0.717, 1.165) is 6.07 Å². The number of halogens is 5. The number of nitrogens with one attached hydrogen (secondary N) is 1. The molecule has 0 saturated heterocycles. The Labute approximate surface area is 128 Å². The molecule has 2 aromatic rings. The van der Waals surface area contributed by atoms with Gasteiger partial charge in [-0.15, -0.1) is 11.3 Å². The number of anilines is 1. The molecule has 108 valence electrons. The van der Waals surface area contributed by atoms with Crippen LogP contribution in [0.4, 0.5) is 18.9 Å². The van der Waals surface area contributed by atoms with Crippen molar-refractivity contribution in [2.24, 2.45) is 0 Å². The van der Waals surface area contributed by atoms with Crippen LogP contribution in [0.3, 0.4) is 0 Å². The van der Waals surface area contributed by atoms with Crippen molar-refractivity contribution in [2.45, 2.75) is 19.1 Å². The lowest BCUT2D eigenvalue weighted by molar-refractivity contribution is -0.137. The summed E-state index contributed by atoms with van der Waals surface area (Å²) in [6, 6.07) is 6.61. The van der Waals surface area contributed by atoms with Gasteiger partial charge in [-0.3, -0.25) is 0 Å². The maximum atomic E-state index is 12.9. The predicted molar refractivity (Wildman–Crippen MR) is 77.8 cm³/mol. The van der Waals surface area contributed by atoms with Crippen molar-refractivity contribution >= 4 is 40.2 Å². The average molecular weight is 340 g/mol. The molecule has 20 heavy (non-hydrogen) atoms. The molecule has 0 amide bonds. The second-order valence-corrected chi connectivity index (χ2v) is 6.47. The van der Waals surface area contributed by atoms with Crippen LogP contribution in [-0.4, -0.2) is 0 Å². The molecule has 0 spiro atoms. The third-order valence-corrected chi connectivity index (χ3v) is 4.27. The van der Waals surface area contributed by atoms with Gasteiger partial charge in [0.1, 0.15) is 0 Å². The van der Waals surface area contributed by atoms with Crippen LogP contribution in [0.15, 0.2) is 30.3 Å². The maximum Gasteiger partial charge on any atom is 0.418 e. The molecule has 1 unspecified atom stereocenters. The minimum absolute atomic E-state index is 0.0193. The van der Waals surface area contributed by atoms with Gasteiger partial charge in [-0.2, -0.15) is 13.2 Å². The normalized spacial score (nSPS) is 13.3. The molecule has 1 atom stereocenters. The molecule has 1 aromatic heterocycles. The summed E-state index contributed by atoms with van der Waals surface area (Å²) in [5, 5.41) is 2.83. The van der Waals surface area contributed by atoms with Crippen molar-refractivity contribution in [3.05, 3.63) is 50.1 Å². The largest absolute Gasteiger partial charge is 0.418 e. The maximum absolute atomic E-state index is 12.9. The molecule has 1 heterocycles. The second kappa shape index (κ2) is 5.84. The minimum atomic E-state index is -4.40. The SMILES string of the molecule is CC(Nc1ccccc1C(F)(F)F)c1cc(Cl)sc1Cl. The molecule has 7 heteroatoms. The van der Waals surface area contributed by atoms with Gasteiger partial charge >= 0.3 is 6.18 Å². The third-order valence-electron chi connectivity index (χ3n) is 2.75. The number of benzene rings is 1. The topological polar surface area (TPSA) is 12.0 Å². The highest BCUT2D eigenvalue weighted by Gasteiger charge is 2.33. The van der Waals surface area contributed by atoms with Crippen molar-refractivity contribution in [3.63, 3.8) is 0 Å². The van der Waals surface area contributed by atoms with Gasteiger partial charge in [0.25, 0.3) is 0 Å². The van der Waals surface area contributed by atoms with Gasteiger partial charge in [-0.05, 0) is 25.1 Å². The fourth-order valence-corrected chi connectivity index (χ4v) is 3.46. The molecular weight excluding hydrogens is 330 g/mol. The Balaban J connectivity index is 2.29. The molecule has 0 saturated carbocycles. The first-order valence-electron chi connectivity index (χ1n) is 5.66. The van der Waals surface area contributed by atoms with Crippen LogP contribution in [-0.2, 0) is 6.18 Å². The van der Waals surface area contributed by atoms with Gasteiger partial charge in [0.15, 0.2) is 0 Å². The lowest BCUT2D eigenvalue weighted by atomic mass is 10.1. The summed E-state index contributed by atoms with van der Waals surface area (Å²) in [6.45, 7) is 1.73. The Morgan fingerprint density at radius 2 is 1.85 bits per heavy atom. The van der Waals surface area contributed by atoms with E-state index in [2.05, 4.69) is 5.32 Å². The van der Waals surface area contributed by atoms with Crippen LogP contribution < -0.4 is 5.32 Å². The monoisotopic (exact) mass is 339 g/mol. The lowest BCUT2D eigenvalue weighted by Gasteiger charge is -2.19. The number of rotatable bonds is 3. The molecule has 2 rings (SSSR count). The van der Waals surface area contributed by atoms with Crippen LogP contribution >= 0.6 is 34.5 Å². The van der Waals surface area contributed by atoms with E-state index in [1.165, 1.54) is 23.5 Å². The summed E-state index contributed by atoms with van der Waals surface area (Å²) in [7, 11) is 0. The Morgan fingerprint density at radius 3 is 2.40 bits per heavy atom. The summed E-state index contributed by atoms with van der Waals surface area (Å²) in [4.78, 5) is 0. The molecular formula is C13H10Cl2F3NS. The molecule has 0 aliphatic heterocycles. The van der Waals surface area contributed by atoms with Crippen molar-refractivity contribution in [3.8, 4) is 0 Å². The standard InChI is InChI=1S/C13H10Cl2F3NS/c1-7(8-6-11(14)20-12(8)15)19-10-5-3-2-4-9(10)13(16,17)18/h2-7,19H,1H3. The van der Waals surface area contributed by atoms with Gasteiger partial charge in [-0.25, -0.2) is 0 Å². The molecule has 1 nitrogen and oxygen atoms in total. The number of thiophene rings is 1. The van der Waals surface area contributed by atoms with Crippen LogP contribution in [0.5, 0.6) is 0 Å². The van der Waals surface area contributed by atoms with Crippen LogP contribution in [0, 0.1) is 0 Å². The minimum Gasteiger partial charge on any atom is -0.378 e. The van der Waals surface area contributed by atoms with Crippen molar-refractivity contribution in [1.82, 2.24) is 0 Å². The van der Waals surface area contributed by atoms with Crippen molar-refractivity contribution < 1.29 is 13.2 Å². The first-order valence-corrected chi connectivity index (χ1v) is 7.23. The number of hydrogen-bond donors (Lipinski definition) is 1. The van der Waals surface area contributed by atoms with Crippen LogP contribution in [0.25, 0.3) is 0 Å². The highest BCUT2D eigenvalue weighted by atomic mass is 35.5. The summed E-state index contributed by atoms with van der Waals surface area (Å²) in [5.74, 6) is 0. The molecule has 0 bridgehead atoms. The Morgan fingerprint density at radius 1 is 1.20 bits per heavy atom. The molecule has 0 aliphatic carbocycles. The van der Waals surface area contributed by atoms with Crippen molar-refractivity contribution in [2.75, 3.05) is 5.32 Å². The predicted octanol–water partition coefficient (Wildman–Crippen LogP) is 6.25. The lowest BCUT2D eigenvalue weighted by Crippen LogP contribution is -2.13. The average Bonchev–Trinajstić information content (AvgIpc) is 2.68. The molecule has 0 fully saturated rings. The van der Waals surface area contributed by atoms with E-state index in [1.54, 1.807) is 19.1 Å². The van der Waals surface area contributed by atoms with E-state index >= 15 is 0 Å². The highest BCUT2D eigenvalue weighted by Crippen LogP contribution is 2.39. The summed E-state index contributed by atoms with van der Waals surface area (Å²) >= 11 is 13.0. The number of hydrogen-bond acceptors (Lipinski definition) is 2. The van der Waals surface area contributed by atoms with Gasteiger partial charge in [0.2, 0.25) is 0 Å². The fraction of sp³-hybridized carbons (Fsp3) is 0.231. The Bertz CT molecular complexity index is 610. The Hall–Kier alpha value is -0.910. The summed E-state index contributed by atoms with van der Waals surface area (Å²) < 4.78 is 39.7. The zero-order chi connectivity index (χ0) is 14.9. The van der Waals surface area contributed by atoms with Crippen molar-refractivity contribution in [1.29, 1.82) is 0 Å². The quantitative estimate of drug-likeness (QED) is 0.697.